The lowest BCUT2D eigenvalue weighted by molar-refractivity contribution is 0.00195. The highest BCUT2D eigenvalue weighted by Gasteiger charge is 2.13. The van der Waals surface area contributed by atoms with Crippen LogP contribution >= 0.6 is 0 Å². The van der Waals surface area contributed by atoms with Gasteiger partial charge in [0.1, 0.15) is 22.8 Å². The molecule has 0 atom stereocenters. The van der Waals surface area contributed by atoms with Crippen LogP contribution in [0.15, 0.2) is 17.3 Å². The zero-order chi connectivity index (χ0) is 14.5. The summed E-state index contributed by atoms with van der Waals surface area (Å²) in [4.78, 5) is 5.32. The van der Waals surface area contributed by atoms with Gasteiger partial charge in [0.05, 0.1) is 33.1 Å². The quantitative estimate of drug-likeness (QED) is 0.608. The molecule has 0 aliphatic heterocycles. The van der Waals surface area contributed by atoms with Crippen LogP contribution in [-0.4, -0.2) is 33.1 Å². The van der Waals surface area contributed by atoms with E-state index in [0.29, 0.717) is 22.8 Å². The van der Waals surface area contributed by atoms with Crippen LogP contribution in [0, 0.1) is 0 Å². The molecule has 0 amide bonds. The molecule has 5 nitrogen and oxygen atoms in total. The van der Waals surface area contributed by atoms with Crippen LogP contribution in [0.1, 0.15) is 26.3 Å². The molecule has 0 saturated heterocycles. The Morgan fingerprint density at radius 1 is 0.947 bits per heavy atom. The molecule has 1 aromatic rings. The second-order valence-electron chi connectivity index (χ2n) is 4.88. The van der Waals surface area contributed by atoms with E-state index < -0.39 is 0 Å². The van der Waals surface area contributed by atoms with Crippen molar-refractivity contribution in [1.29, 1.82) is 0 Å². The van der Waals surface area contributed by atoms with Gasteiger partial charge in [-0.1, -0.05) is 5.16 Å². The van der Waals surface area contributed by atoms with Crippen LogP contribution in [0.4, 0.5) is 0 Å². The van der Waals surface area contributed by atoms with Crippen molar-refractivity contribution in [1.82, 2.24) is 0 Å². The van der Waals surface area contributed by atoms with E-state index in [1.807, 2.05) is 20.8 Å². The predicted octanol–water partition coefficient (Wildman–Crippen LogP) is 2.86. The minimum Gasteiger partial charge on any atom is -0.496 e. The fourth-order valence-electron chi connectivity index (χ4n) is 1.40. The van der Waals surface area contributed by atoms with Gasteiger partial charge in [-0.05, 0) is 20.8 Å². The molecule has 0 aliphatic carbocycles. The third kappa shape index (κ3) is 4.35. The molecule has 0 fully saturated rings. The first kappa shape index (κ1) is 15.1. The summed E-state index contributed by atoms with van der Waals surface area (Å²) >= 11 is 0. The van der Waals surface area contributed by atoms with Gasteiger partial charge in [-0.25, -0.2) is 0 Å². The summed E-state index contributed by atoms with van der Waals surface area (Å²) in [6, 6.07) is 3.53. The summed E-state index contributed by atoms with van der Waals surface area (Å²) in [5, 5.41) is 3.96. The Morgan fingerprint density at radius 3 is 1.84 bits per heavy atom. The molecule has 106 valence electrons. The van der Waals surface area contributed by atoms with Crippen molar-refractivity contribution >= 4 is 6.21 Å². The lowest BCUT2D eigenvalue weighted by Gasteiger charge is -2.16. The summed E-state index contributed by atoms with van der Waals surface area (Å²) in [5.74, 6) is 1.87. The molecule has 1 rings (SSSR count). The molecule has 0 bridgehead atoms. The fourth-order valence-corrected chi connectivity index (χ4v) is 1.40. The van der Waals surface area contributed by atoms with Crippen LogP contribution in [0.25, 0.3) is 0 Å². The average Bonchev–Trinajstić information content (AvgIpc) is 2.37. The van der Waals surface area contributed by atoms with Gasteiger partial charge >= 0.3 is 0 Å². The second-order valence-corrected chi connectivity index (χ2v) is 4.88. The normalized spacial score (nSPS) is 11.5. The van der Waals surface area contributed by atoms with Crippen molar-refractivity contribution in [3.8, 4) is 17.2 Å². The Hall–Kier alpha value is -1.91. The van der Waals surface area contributed by atoms with E-state index >= 15 is 0 Å². The Balaban J connectivity index is 3.10. The van der Waals surface area contributed by atoms with Gasteiger partial charge in [0, 0.05) is 12.1 Å². The molecule has 5 heteroatoms. The van der Waals surface area contributed by atoms with E-state index in [2.05, 4.69) is 5.16 Å². The molecule has 0 saturated carbocycles. The van der Waals surface area contributed by atoms with E-state index in [1.165, 1.54) is 0 Å². The first-order chi connectivity index (χ1) is 8.91. The Bertz CT molecular complexity index is 424. The molecule has 0 N–H and O–H groups in total. The molecule has 0 radical (unpaired) electrons. The Kier molecular flexibility index (Phi) is 5.03. The fraction of sp³-hybridized carbons (Fsp3) is 0.500. The van der Waals surface area contributed by atoms with Crippen molar-refractivity contribution in [2.45, 2.75) is 26.4 Å². The third-order valence-corrected chi connectivity index (χ3v) is 2.26. The van der Waals surface area contributed by atoms with Crippen LogP contribution in [0.3, 0.4) is 0 Å². The Morgan fingerprint density at radius 2 is 1.47 bits per heavy atom. The number of hydrogen-bond donors (Lipinski definition) is 0. The van der Waals surface area contributed by atoms with Gasteiger partial charge in [-0.2, -0.15) is 0 Å². The van der Waals surface area contributed by atoms with E-state index in [1.54, 1.807) is 39.7 Å². The summed E-state index contributed by atoms with van der Waals surface area (Å²) in [7, 11) is 4.75. The van der Waals surface area contributed by atoms with Gasteiger partial charge in [-0.3, -0.25) is 0 Å². The van der Waals surface area contributed by atoms with Gasteiger partial charge < -0.3 is 19.0 Å². The van der Waals surface area contributed by atoms with Crippen molar-refractivity contribution in [2.75, 3.05) is 21.3 Å². The number of rotatable bonds is 5. The van der Waals surface area contributed by atoms with E-state index in [9.17, 15) is 0 Å². The Labute approximate surface area is 114 Å². The van der Waals surface area contributed by atoms with Crippen LogP contribution in [0.5, 0.6) is 17.2 Å². The topological polar surface area (TPSA) is 49.3 Å². The van der Waals surface area contributed by atoms with Crippen LogP contribution in [0.2, 0.25) is 0 Å². The van der Waals surface area contributed by atoms with Crippen LogP contribution < -0.4 is 14.2 Å². The second kappa shape index (κ2) is 6.31. The maximum atomic E-state index is 5.32. The number of methoxy groups -OCH3 is 3. The van der Waals surface area contributed by atoms with Crippen molar-refractivity contribution < 1.29 is 19.0 Å². The number of hydrogen-bond acceptors (Lipinski definition) is 5. The van der Waals surface area contributed by atoms with Crippen molar-refractivity contribution in [3.05, 3.63) is 17.7 Å². The van der Waals surface area contributed by atoms with E-state index in [0.717, 1.165) is 0 Å². The highest BCUT2D eigenvalue weighted by atomic mass is 16.6. The lowest BCUT2D eigenvalue weighted by atomic mass is 10.2. The summed E-state index contributed by atoms with van der Waals surface area (Å²) in [6.07, 6.45) is 1.57. The van der Waals surface area contributed by atoms with Gasteiger partial charge in [-0.15, -0.1) is 0 Å². The molecular formula is C14H21NO4. The maximum absolute atomic E-state index is 5.32. The standard InChI is InChI=1S/C14H21NO4/c1-14(2,3)19-15-9-11-12(17-5)7-10(16-4)8-13(11)18-6/h7-9H,1-6H3/b15-9+. The van der Waals surface area contributed by atoms with Crippen molar-refractivity contribution in [3.63, 3.8) is 0 Å². The minimum absolute atomic E-state index is 0.344. The van der Waals surface area contributed by atoms with Crippen LogP contribution in [-0.2, 0) is 4.84 Å². The number of benzene rings is 1. The SMILES string of the molecule is COc1cc(OC)c(/C=N/OC(C)(C)C)c(OC)c1. The average molecular weight is 267 g/mol. The number of nitrogens with zero attached hydrogens (tertiary/aromatic N) is 1. The van der Waals surface area contributed by atoms with E-state index in [4.69, 9.17) is 19.0 Å². The molecule has 19 heavy (non-hydrogen) atoms. The monoisotopic (exact) mass is 267 g/mol. The molecule has 1 aromatic carbocycles. The summed E-state index contributed by atoms with van der Waals surface area (Å²) in [5.41, 5.74) is 0.360. The van der Waals surface area contributed by atoms with Gasteiger partial charge in [0.15, 0.2) is 0 Å². The molecule has 0 heterocycles. The number of oxime groups is 1. The highest BCUT2D eigenvalue weighted by molar-refractivity contribution is 5.87. The predicted molar refractivity (Wildman–Crippen MR) is 74.5 cm³/mol. The molecule has 0 spiro atoms. The van der Waals surface area contributed by atoms with Crippen molar-refractivity contribution in [2.24, 2.45) is 5.16 Å². The molecular weight excluding hydrogens is 246 g/mol. The smallest absolute Gasteiger partial charge is 0.135 e. The zero-order valence-corrected chi connectivity index (χ0v) is 12.3. The first-order valence-corrected chi connectivity index (χ1v) is 5.93. The maximum Gasteiger partial charge on any atom is 0.135 e. The third-order valence-electron chi connectivity index (χ3n) is 2.26. The van der Waals surface area contributed by atoms with Gasteiger partial charge in [0.25, 0.3) is 0 Å². The first-order valence-electron chi connectivity index (χ1n) is 5.93. The highest BCUT2D eigenvalue weighted by Crippen LogP contribution is 2.32. The van der Waals surface area contributed by atoms with E-state index in [-0.39, 0.29) is 5.60 Å². The number of ether oxygens (including phenoxy) is 3. The molecule has 0 unspecified atom stereocenters. The molecule has 0 aliphatic rings. The largest absolute Gasteiger partial charge is 0.496 e. The van der Waals surface area contributed by atoms with Gasteiger partial charge in [0.2, 0.25) is 0 Å². The zero-order valence-electron chi connectivity index (χ0n) is 12.3. The summed E-state index contributed by atoms with van der Waals surface area (Å²) in [6.45, 7) is 5.77. The molecule has 0 aromatic heterocycles. The summed E-state index contributed by atoms with van der Waals surface area (Å²) < 4.78 is 15.8. The minimum atomic E-state index is -0.344. The lowest BCUT2D eigenvalue weighted by Crippen LogP contribution is -2.15.